The van der Waals surface area contributed by atoms with E-state index < -0.39 is 5.97 Å². The van der Waals surface area contributed by atoms with Gasteiger partial charge in [0.15, 0.2) is 5.75 Å². The van der Waals surface area contributed by atoms with Crippen molar-refractivity contribution >= 4 is 23.3 Å². The number of hydrogen-bond donors (Lipinski definition) is 1. The number of aromatic nitrogens is 2. The summed E-state index contributed by atoms with van der Waals surface area (Å²) in [7, 11) is 3.00. The van der Waals surface area contributed by atoms with Gasteiger partial charge in [-0.05, 0) is 19.1 Å². The van der Waals surface area contributed by atoms with Crippen LogP contribution in [0.15, 0.2) is 18.2 Å². The number of carbonyl (C=O) groups excluding carboxylic acids is 1. The lowest BCUT2D eigenvalue weighted by molar-refractivity contribution is 0.0598. The molecule has 0 bridgehead atoms. The van der Waals surface area contributed by atoms with Gasteiger partial charge in [-0.25, -0.2) is 9.48 Å². The number of rotatable bonds is 3. The molecule has 0 aliphatic rings. The number of anilines is 1. The second-order valence-corrected chi connectivity index (χ2v) is 4.63. The highest BCUT2D eigenvalue weighted by Gasteiger charge is 2.19. The molecule has 0 saturated carbocycles. The predicted molar refractivity (Wildman–Crippen MR) is 75.2 cm³/mol. The number of nitrogens with two attached hydrogens (primary N) is 1. The van der Waals surface area contributed by atoms with Crippen molar-refractivity contribution in [3.05, 3.63) is 34.5 Å². The number of carbonyl (C=O) groups is 1. The number of hydrogen-bond acceptors (Lipinski definition) is 5. The summed E-state index contributed by atoms with van der Waals surface area (Å²) in [5, 5.41) is 4.38. The van der Waals surface area contributed by atoms with Gasteiger partial charge >= 0.3 is 5.97 Å². The van der Waals surface area contributed by atoms with Crippen molar-refractivity contribution in [2.45, 2.75) is 6.92 Å². The zero-order chi connectivity index (χ0) is 14.9. The van der Waals surface area contributed by atoms with Crippen LogP contribution in [0.5, 0.6) is 11.6 Å². The Morgan fingerprint density at radius 1 is 1.40 bits per heavy atom. The van der Waals surface area contributed by atoms with Gasteiger partial charge in [0.2, 0.25) is 5.88 Å². The molecular formula is C13H14ClN3O3. The van der Waals surface area contributed by atoms with Crippen molar-refractivity contribution in [1.82, 2.24) is 9.78 Å². The van der Waals surface area contributed by atoms with Crippen LogP contribution in [0.2, 0.25) is 5.02 Å². The fourth-order valence-corrected chi connectivity index (χ4v) is 2.03. The quantitative estimate of drug-likeness (QED) is 0.695. The van der Waals surface area contributed by atoms with E-state index in [1.807, 2.05) is 6.92 Å². The Labute approximate surface area is 121 Å². The Hall–Kier alpha value is -2.21. The number of nitrogens with zero attached hydrogens (tertiary/aromatic N) is 2. The van der Waals surface area contributed by atoms with Gasteiger partial charge in [0.25, 0.3) is 0 Å². The molecule has 1 aromatic carbocycles. The van der Waals surface area contributed by atoms with Gasteiger partial charge in [0, 0.05) is 18.8 Å². The molecule has 6 nitrogen and oxygen atoms in total. The van der Waals surface area contributed by atoms with E-state index in [0.29, 0.717) is 11.6 Å². The third-order valence-electron chi connectivity index (χ3n) is 2.64. The molecule has 0 amide bonds. The summed E-state index contributed by atoms with van der Waals surface area (Å²) in [5.41, 5.74) is 6.98. The van der Waals surface area contributed by atoms with E-state index in [4.69, 9.17) is 26.8 Å². The molecule has 106 valence electrons. The van der Waals surface area contributed by atoms with Crippen LogP contribution in [-0.2, 0) is 11.8 Å². The van der Waals surface area contributed by atoms with Crippen LogP contribution in [0.1, 0.15) is 16.1 Å². The standard InChI is InChI=1S/C13H14ClN3O3/c1-7-4-11(17(2)16-7)20-12-9(13(18)19-3)5-8(15)6-10(12)14/h4-6H,15H2,1-3H3. The Morgan fingerprint density at radius 3 is 2.65 bits per heavy atom. The van der Waals surface area contributed by atoms with Gasteiger partial charge in [-0.1, -0.05) is 11.6 Å². The summed E-state index contributed by atoms with van der Waals surface area (Å²) >= 11 is 6.10. The van der Waals surface area contributed by atoms with Crippen LogP contribution in [0.3, 0.4) is 0 Å². The van der Waals surface area contributed by atoms with Gasteiger partial charge < -0.3 is 15.2 Å². The van der Waals surface area contributed by atoms with Gasteiger partial charge in [-0.3, -0.25) is 0 Å². The second-order valence-electron chi connectivity index (χ2n) is 4.22. The zero-order valence-corrected chi connectivity index (χ0v) is 12.1. The van der Waals surface area contributed by atoms with E-state index in [1.54, 1.807) is 17.8 Å². The summed E-state index contributed by atoms with van der Waals surface area (Å²) in [6, 6.07) is 4.69. The highest BCUT2D eigenvalue weighted by Crippen LogP contribution is 2.35. The monoisotopic (exact) mass is 295 g/mol. The van der Waals surface area contributed by atoms with Crippen molar-refractivity contribution in [1.29, 1.82) is 0 Å². The van der Waals surface area contributed by atoms with Gasteiger partial charge in [-0.15, -0.1) is 0 Å². The minimum atomic E-state index is -0.576. The number of methoxy groups -OCH3 is 1. The molecule has 0 fully saturated rings. The average Bonchev–Trinajstić information content (AvgIpc) is 2.69. The zero-order valence-electron chi connectivity index (χ0n) is 11.3. The lowest BCUT2D eigenvalue weighted by Gasteiger charge is -2.12. The first-order chi connectivity index (χ1) is 9.42. The second kappa shape index (κ2) is 5.42. The Morgan fingerprint density at radius 2 is 2.10 bits per heavy atom. The molecule has 1 aromatic heterocycles. The summed E-state index contributed by atoms with van der Waals surface area (Å²) in [6.07, 6.45) is 0. The molecule has 0 unspecified atom stereocenters. The van der Waals surface area contributed by atoms with Gasteiger partial charge in [-0.2, -0.15) is 5.10 Å². The Kier molecular flexibility index (Phi) is 3.85. The molecule has 2 N–H and O–H groups in total. The third kappa shape index (κ3) is 2.70. The molecule has 7 heteroatoms. The third-order valence-corrected chi connectivity index (χ3v) is 2.92. The number of halogens is 1. The summed E-state index contributed by atoms with van der Waals surface area (Å²) in [6.45, 7) is 1.83. The van der Waals surface area contributed by atoms with Crippen LogP contribution < -0.4 is 10.5 Å². The fraction of sp³-hybridized carbons (Fsp3) is 0.231. The Bertz CT molecular complexity index is 667. The van der Waals surface area contributed by atoms with Crippen molar-refractivity contribution < 1.29 is 14.3 Å². The van der Waals surface area contributed by atoms with Crippen molar-refractivity contribution in [3.8, 4) is 11.6 Å². The van der Waals surface area contributed by atoms with Crippen LogP contribution in [0.25, 0.3) is 0 Å². The predicted octanol–water partition coefficient (Wildman–Crippen LogP) is 2.54. The number of aryl methyl sites for hydroxylation is 2. The highest BCUT2D eigenvalue weighted by atomic mass is 35.5. The van der Waals surface area contributed by atoms with Crippen molar-refractivity contribution in [2.75, 3.05) is 12.8 Å². The fourth-order valence-electron chi connectivity index (χ4n) is 1.77. The minimum absolute atomic E-state index is 0.163. The van der Waals surface area contributed by atoms with Crippen molar-refractivity contribution in [3.63, 3.8) is 0 Å². The van der Waals surface area contributed by atoms with E-state index in [2.05, 4.69) is 5.10 Å². The van der Waals surface area contributed by atoms with E-state index in [9.17, 15) is 4.79 Å². The molecule has 0 saturated heterocycles. The van der Waals surface area contributed by atoms with Crippen LogP contribution >= 0.6 is 11.6 Å². The maximum absolute atomic E-state index is 11.8. The average molecular weight is 296 g/mol. The van der Waals surface area contributed by atoms with E-state index in [1.165, 1.54) is 19.2 Å². The molecule has 1 heterocycles. The number of esters is 1. The molecule has 0 spiro atoms. The molecule has 2 aromatic rings. The first-order valence-electron chi connectivity index (χ1n) is 5.78. The van der Waals surface area contributed by atoms with Gasteiger partial charge in [0.05, 0.1) is 17.8 Å². The largest absolute Gasteiger partial charge is 0.465 e. The lowest BCUT2D eigenvalue weighted by Crippen LogP contribution is -2.06. The number of benzene rings is 1. The normalized spacial score (nSPS) is 10.4. The maximum atomic E-state index is 11.8. The Balaban J connectivity index is 2.50. The molecule has 0 aliphatic heterocycles. The first-order valence-corrected chi connectivity index (χ1v) is 6.16. The molecular weight excluding hydrogens is 282 g/mol. The van der Waals surface area contributed by atoms with Gasteiger partial charge in [0.1, 0.15) is 5.56 Å². The lowest BCUT2D eigenvalue weighted by atomic mass is 10.2. The summed E-state index contributed by atoms with van der Waals surface area (Å²) in [4.78, 5) is 11.8. The van der Waals surface area contributed by atoms with Crippen molar-refractivity contribution in [2.24, 2.45) is 7.05 Å². The molecule has 2 rings (SSSR count). The smallest absolute Gasteiger partial charge is 0.341 e. The molecule has 0 aliphatic carbocycles. The van der Waals surface area contributed by atoms with E-state index in [0.717, 1.165) is 5.69 Å². The van der Waals surface area contributed by atoms with E-state index >= 15 is 0 Å². The maximum Gasteiger partial charge on any atom is 0.341 e. The topological polar surface area (TPSA) is 79.4 Å². The minimum Gasteiger partial charge on any atom is -0.465 e. The SMILES string of the molecule is COC(=O)c1cc(N)cc(Cl)c1Oc1cc(C)nn1C. The molecule has 0 radical (unpaired) electrons. The molecule has 20 heavy (non-hydrogen) atoms. The summed E-state index contributed by atoms with van der Waals surface area (Å²) in [5.74, 6) is 0.0723. The van der Waals surface area contributed by atoms with Crippen LogP contribution in [-0.4, -0.2) is 22.9 Å². The first kappa shape index (κ1) is 14.2. The highest BCUT2D eigenvalue weighted by molar-refractivity contribution is 6.33. The van der Waals surface area contributed by atoms with E-state index in [-0.39, 0.29) is 16.3 Å². The summed E-state index contributed by atoms with van der Waals surface area (Å²) < 4.78 is 11.9. The van der Waals surface area contributed by atoms with Crippen LogP contribution in [0, 0.1) is 6.92 Å². The van der Waals surface area contributed by atoms with Crippen LogP contribution in [0.4, 0.5) is 5.69 Å². The number of ether oxygens (including phenoxy) is 2. The number of nitrogen functional groups attached to an aromatic ring is 1. The molecule has 0 atom stereocenters.